The van der Waals surface area contributed by atoms with Crippen LogP contribution in [-0.2, 0) is 0 Å². The Labute approximate surface area is 189 Å². The van der Waals surface area contributed by atoms with Gasteiger partial charge >= 0.3 is 5.63 Å². The van der Waals surface area contributed by atoms with Gasteiger partial charge in [-0.1, -0.05) is 29.8 Å². The first kappa shape index (κ1) is 20.8. The van der Waals surface area contributed by atoms with Gasteiger partial charge in [-0.05, 0) is 43.2 Å². The van der Waals surface area contributed by atoms with Gasteiger partial charge in [0.2, 0.25) is 0 Å². The van der Waals surface area contributed by atoms with Crippen LogP contribution in [0.2, 0.25) is 5.02 Å². The Morgan fingerprint density at radius 2 is 1.81 bits per heavy atom. The van der Waals surface area contributed by atoms with E-state index in [0.29, 0.717) is 53.2 Å². The molecule has 0 N–H and O–H groups in total. The molecule has 164 valence electrons. The number of carbonyl (C=O) groups is 2. The molecule has 0 unspecified atom stereocenters. The van der Waals surface area contributed by atoms with E-state index in [9.17, 15) is 14.4 Å². The SMILES string of the molecule is Cc1cc2c(c(C)c1Cl)C(=O)CC1(CCN(C(=O)c3cc4ccccc4oc3=O)CC1)O2. The lowest BCUT2D eigenvalue weighted by Gasteiger charge is -2.44. The lowest BCUT2D eigenvalue weighted by atomic mass is 9.81. The number of amides is 1. The fourth-order valence-corrected chi connectivity index (χ4v) is 4.93. The van der Waals surface area contributed by atoms with Crippen molar-refractivity contribution in [3.05, 3.63) is 74.1 Å². The number of benzene rings is 2. The van der Waals surface area contributed by atoms with Crippen LogP contribution in [-0.4, -0.2) is 35.3 Å². The molecule has 6 nitrogen and oxygen atoms in total. The Morgan fingerprint density at radius 3 is 2.56 bits per heavy atom. The van der Waals surface area contributed by atoms with E-state index < -0.39 is 11.2 Å². The van der Waals surface area contributed by atoms with Crippen LogP contribution in [0.5, 0.6) is 5.75 Å². The highest BCUT2D eigenvalue weighted by Gasteiger charge is 2.44. The topological polar surface area (TPSA) is 76.8 Å². The summed E-state index contributed by atoms with van der Waals surface area (Å²) in [6.07, 6.45) is 1.26. The Morgan fingerprint density at radius 1 is 1.09 bits per heavy atom. The average molecular weight is 452 g/mol. The quantitative estimate of drug-likeness (QED) is 0.501. The molecule has 1 amide bonds. The van der Waals surface area contributed by atoms with Crippen molar-refractivity contribution in [1.82, 2.24) is 4.90 Å². The number of nitrogens with zero attached hydrogens (tertiary/aromatic N) is 1. The summed E-state index contributed by atoms with van der Waals surface area (Å²) in [5.74, 6) is 0.219. The van der Waals surface area contributed by atoms with Crippen molar-refractivity contribution in [1.29, 1.82) is 0 Å². The Balaban J connectivity index is 1.38. The van der Waals surface area contributed by atoms with Gasteiger partial charge in [0.15, 0.2) is 5.78 Å². The molecule has 7 heteroatoms. The van der Waals surface area contributed by atoms with Crippen LogP contribution in [0, 0.1) is 13.8 Å². The Bertz CT molecular complexity index is 1330. The highest BCUT2D eigenvalue weighted by molar-refractivity contribution is 6.32. The molecule has 2 aromatic carbocycles. The number of rotatable bonds is 1. The lowest BCUT2D eigenvalue weighted by molar-refractivity contribution is -0.00588. The molecule has 1 fully saturated rings. The van der Waals surface area contributed by atoms with Crippen molar-refractivity contribution in [2.24, 2.45) is 0 Å². The molecular weight excluding hydrogens is 430 g/mol. The summed E-state index contributed by atoms with van der Waals surface area (Å²) < 4.78 is 11.7. The second-order valence-electron chi connectivity index (χ2n) is 8.67. The molecular formula is C25H22ClNO5. The molecule has 1 saturated heterocycles. The number of carbonyl (C=O) groups excluding carboxylic acids is 2. The van der Waals surface area contributed by atoms with Gasteiger partial charge < -0.3 is 14.1 Å². The van der Waals surface area contributed by atoms with E-state index in [1.54, 1.807) is 29.2 Å². The molecule has 0 saturated carbocycles. The maximum atomic E-state index is 13.1. The van der Waals surface area contributed by atoms with Crippen molar-refractivity contribution in [2.75, 3.05) is 13.1 Å². The van der Waals surface area contributed by atoms with E-state index in [4.69, 9.17) is 20.8 Å². The van der Waals surface area contributed by atoms with Crippen molar-refractivity contribution < 1.29 is 18.7 Å². The molecule has 1 spiro atoms. The maximum absolute atomic E-state index is 13.1. The number of para-hydroxylation sites is 1. The fourth-order valence-electron chi connectivity index (χ4n) is 4.78. The highest BCUT2D eigenvalue weighted by Crippen LogP contribution is 2.43. The number of ketones is 1. The normalized spacial score (nSPS) is 17.3. The van der Waals surface area contributed by atoms with Gasteiger partial charge in [0.05, 0.1) is 12.0 Å². The standard InChI is InChI=1S/C25H22ClNO5/c1-14-11-20-21(15(2)22(14)26)18(28)13-25(32-20)7-9-27(10-8-25)23(29)17-12-16-5-3-4-6-19(16)31-24(17)30/h3-6,11-12H,7-10,13H2,1-2H3. The average Bonchev–Trinajstić information content (AvgIpc) is 2.76. The van der Waals surface area contributed by atoms with E-state index in [1.165, 1.54) is 0 Å². The van der Waals surface area contributed by atoms with Crippen LogP contribution in [0.25, 0.3) is 11.0 Å². The molecule has 32 heavy (non-hydrogen) atoms. The van der Waals surface area contributed by atoms with Crippen molar-refractivity contribution >= 4 is 34.3 Å². The molecule has 3 heterocycles. The van der Waals surface area contributed by atoms with Crippen LogP contribution in [0.3, 0.4) is 0 Å². The van der Waals surface area contributed by atoms with Gasteiger partial charge in [-0.2, -0.15) is 0 Å². The largest absolute Gasteiger partial charge is 0.486 e. The van der Waals surface area contributed by atoms with Crippen LogP contribution in [0.15, 0.2) is 45.6 Å². The van der Waals surface area contributed by atoms with Gasteiger partial charge in [0.1, 0.15) is 22.5 Å². The van der Waals surface area contributed by atoms with Gasteiger partial charge in [0.25, 0.3) is 5.91 Å². The zero-order chi connectivity index (χ0) is 22.6. The number of fused-ring (bicyclic) bond motifs is 2. The second-order valence-corrected chi connectivity index (χ2v) is 9.05. The molecule has 2 aliphatic rings. The first-order chi connectivity index (χ1) is 15.3. The first-order valence-electron chi connectivity index (χ1n) is 10.6. The first-order valence-corrected chi connectivity index (χ1v) is 11.0. The molecule has 0 atom stereocenters. The monoisotopic (exact) mass is 451 g/mol. The van der Waals surface area contributed by atoms with Crippen molar-refractivity contribution in [3.63, 3.8) is 0 Å². The van der Waals surface area contributed by atoms with Gasteiger partial charge in [-0.3, -0.25) is 9.59 Å². The zero-order valence-electron chi connectivity index (χ0n) is 17.9. The Kier molecular flexibility index (Phi) is 4.86. The lowest BCUT2D eigenvalue weighted by Crippen LogP contribution is -2.52. The van der Waals surface area contributed by atoms with Crippen molar-refractivity contribution in [3.8, 4) is 5.75 Å². The second kappa shape index (κ2) is 7.48. The smallest absolute Gasteiger partial charge is 0.349 e. The van der Waals surface area contributed by atoms with Crippen LogP contribution in [0.4, 0.5) is 0 Å². The number of hydrogen-bond acceptors (Lipinski definition) is 5. The highest BCUT2D eigenvalue weighted by atomic mass is 35.5. The minimum Gasteiger partial charge on any atom is -0.486 e. The third-order valence-electron chi connectivity index (χ3n) is 6.57. The van der Waals surface area contributed by atoms with E-state index in [0.717, 1.165) is 11.1 Å². The molecule has 0 aliphatic carbocycles. The summed E-state index contributed by atoms with van der Waals surface area (Å²) in [5, 5.41) is 1.29. The van der Waals surface area contributed by atoms with Gasteiger partial charge in [-0.25, -0.2) is 4.79 Å². The summed E-state index contributed by atoms with van der Waals surface area (Å²) >= 11 is 6.33. The third kappa shape index (κ3) is 3.30. The summed E-state index contributed by atoms with van der Waals surface area (Å²) in [6.45, 7) is 4.50. The fraction of sp³-hybridized carbons (Fsp3) is 0.320. The Hall–Kier alpha value is -3.12. The van der Waals surface area contributed by atoms with Crippen LogP contribution < -0.4 is 10.4 Å². The maximum Gasteiger partial charge on any atom is 0.349 e. The van der Waals surface area contributed by atoms with Crippen LogP contribution >= 0.6 is 11.6 Å². The predicted octanol–water partition coefficient (Wildman–Crippen LogP) is 4.70. The number of Topliss-reactive ketones (excluding diaryl/α,β-unsaturated/α-hetero) is 1. The zero-order valence-corrected chi connectivity index (χ0v) is 18.6. The summed E-state index contributed by atoms with van der Waals surface area (Å²) in [7, 11) is 0. The number of ether oxygens (including phenoxy) is 1. The molecule has 0 radical (unpaired) electrons. The van der Waals surface area contributed by atoms with E-state index in [-0.39, 0.29) is 23.7 Å². The molecule has 2 aliphatic heterocycles. The molecule has 5 rings (SSSR count). The number of likely N-dealkylation sites (tertiary alicyclic amines) is 1. The number of piperidine rings is 1. The molecule has 3 aromatic rings. The van der Waals surface area contributed by atoms with Crippen molar-refractivity contribution in [2.45, 2.75) is 38.7 Å². The predicted molar refractivity (Wildman–Crippen MR) is 121 cm³/mol. The summed E-state index contributed by atoms with van der Waals surface area (Å²) in [4.78, 5) is 40.1. The number of halogens is 1. The van der Waals surface area contributed by atoms with Gasteiger partial charge in [0, 0.05) is 36.3 Å². The number of aryl methyl sites for hydroxylation is 1. The summed E-state index contributed by atoms with van der Waals surface area (Å²) in [5.41, 5.74) is 1.34. The van der Waals surface area contributed by atoms with Crippen LogP contribution in [0.1, 0.15) is 51.1 Å². The minimum atomic E-state index is -0.651. The minimum absolute atomic E-state index is 0.0144. The summed E-state index contributed by atoms with van der Waals surface area (Å²) in [6, 6.07) is 10.5. The van der Waals surface area contributed by atoms with Gasteiger partial charge in [-0.15, -0.1) is 0 Å². The number of hydrogen-bond donors (Lipinski definition) is 0. The van der Waals surface area contributed by atoms with E-state index in [1.807, 2.05) is 26.0 Å². The van der Waals surface area contributed by atoms with E-state index in [2.05, 4.69) is 0 Å². The molecule has 1 aromatic heterocycles. The third-order valence-corrected chi connectivity index (χ3v) is 7.15. The molecule has 0 bridgehead atoms. The van der Waals surface area contributed by atoms with E-state index >= 15 is 0 Å².